The number of phenols is 1. The number of aromatic hydroxyl groups is 1. The van der Waals surface area contributed by atoms with Crippen LogP contribution in [-0.4, -0.2) is 18.0 Å². The molecule has 1 aromatic carbocycles. The van der Waals surface area contributed by atoms with Gasteiger partial charge in [-0.3, -0.25) is 4.79 Å². The van der Waals surface area contributed by atoms with Crippen LogP contribution in [0.15, 0.2) is 24.3 Å². The van der Waals surface area contributed by atoms with Gasteiger partial charge in [0.25, 0.3) is 0 Å². The van der Waals surface area contributed by atoms with Crippen molar-refractivity contribution in [1.82, 2.24) is 0 Å². The van der Waals surface area contributed by atoms with Crippen LogP contribution in [0.4, 0.5) is 0 Å². The van der Waals surface area contributed by atoms with Crippen molar-refractivity contribution in [1.29, 1.82) is 0 Å². The van der Waals surface area contributed by atoms with Crippen molar-refractivity contribution < 1.29 is 14.6 Å². The van der Waals surface area contributed by atoms with Crippen molar-refractivity contribution in [2.45, 2.75) is 38.5 Å². The van der Waals surface area contributed by atoms with Gasteiger partial charge in [-0.2, -0.15) is 0 Å². The molecule has 0 radical (unpaired) electrons. The Labute approximate surface area is 137 Å². The number of rotatable bonds is 4. The average molecular weight is 312 g/mol. The summed E-state index contributed by atoms with van der Waals surface area (Å²) in [5.41, 5.74) is 0.751. The summed E-state index contributed by atoms with van der Waals surface area (Å²) in [6.07, 6.45) is 10.9. The fourth-order valence-electron chi connectivity index (χ4n) is 5.57. The Morgan fingerprint density at radius 3 is 2.30 bits per heavy atom. The van der Waals surface area contributed by atoms with E-state index in [0.29, 0.717) is 11.5 Å². The van der Waals surface area contributed by atoms with Crippen LogP contribution in [0.3, 0.4) is 0 Å². The van der Waals surface area contributed by atoms with Gasteiger partial charge in [-0.05, 0) is 80.1 Å². The Morgan fingerprint density at radius 2 is 1.78 bits per heavy atom. The number of hydrogen-bond acceptors (Lipinski definition) is 3. The molecule has 0 unspecified atom stereocenters. The smallest absolute Gasteiger partial charge is 0.161 e. The Morgan fingerprint density at radius 1 is 1.17 bits per heavy atom. The fraction of sp³-hybridized carbons (Fsp3) is 0.550. The van der Waals surface area contributed by atoms with Crippen LogP contribution in [0.25, 0.3) is 6.08 Å². The van der Waals surface area contributed by atoms with Gasteiger partial charge >= 0.3 is 0 Å². The molecule has 0 amide bonds. The Balaban J connectivity index is 1.52. The zero-order valence-electron chi connectivity index (χ0n) is 13.6. The second-order valence-corrected chi connectivity index (χ2v) is 7.83. The molecule has 4 bridgehead atoms. The minimum absolute atomic E-state index is 0.0836. The molecule has 5 rings (SSSR count). The summed E-state index contributed by atoms with van der Waals surface area (Å²) in [4.78, 5) is 12.9. The van der Waals surface area contributed by atoms with Crippen molar-refractivity contribution in [2.75, 3.05) is 7.11 Å². The summed E-state index contributed by atoms with van der Waals surface area (Å²) >= 11 is 0. The Kier molecular flexibility index (Phi) is 3.47. The third-order valence-electron chi connectivity index (χ3n) is 6.19. The van der Waals surface area contributed by atoms with Crippen molar-refractivity contribution in [2.24, 2.45) is 23.2 Å². The lowest BCUT2D eigenvalue weighted by Crippen LogP contribution is -2.49. The molecule has 23 heavy (non-hydrogen) atoms. The molecule has 0 atom stereocenters. The second-order valence-electron chi connectivity index (χ2n) is 7.83. The normalized spacial score (nSPS) is 34.9. The van der Waals surface area contributed by atoms with E-state index in [1.807, 2.05) is 12.1 Å². The summed E-state index contributed by atoms with van der Waals surface area (Å²) in [6, 6.07) is 5.23. The fourth-order valence-corrected chi connectivity index (χ4v) is 5.57. The number of carbonyl (C=O) groups excluding carboxylic acids is 1. The summed E-state index contributed by atoms with van der Waals surface area (Å²) < 4.78 is 5.05. The average Bonchev–Trinajstić information content (AvgIpc) is 2.51. The molecule has 0 aliphatic heterocycles. The van der Waals surface area contributed by atoms with E-state index in [1.165, 1.54) is 26.4 Å². The third-order valence-corrected chi connectivity index (χ3v) is 6.19. The second kappa shape index (κ2) is 5.40. The first-order valence-electron chi connectivity index (χ1n) is 8.67. The van der Waals surface area contributed by atoms with Gasteiger partial charge in [0.1, 0.15) is 0 Å². The number of benzene rings is 1. The number of allylic oxidation sites excluding steroid dienone is 1. The number of ether oxygens (including phenoxy) is 1. The first-order valence-corrected chi connectivity index (χ1v) is 8.67. The van der Waals surface area contributed by atoms with E-state index in [-0.39, 0.29) is 11.2 Å². The maximum atomic E-state index is 12.9. The molecule has 0 spiro atoms. The topological polar surface area (TPSA) is 46.5 Å². The van der Waals surface area contributed by atoms with E-state index < -0.39 is 0 Å². The first kappa shape index (κ1) is 14.8. The van der Waals surface area contributed by atoms with Gasteiger partial charge in [0.2, 0.25) is 0 Å². The van der Waals surface area contributed by atoms with Crippen LogP contribution < -0.4 is 4.74 Å². The number of ketones is 1. The lowest BCUT2D eigenvalue weighted by Gasteiger charge is -2.55. The molecule has 3 nitrogen and oxygen atoms in total. The molecule has 0 heterocycles. The zero-order valence-corrected chi connectivity index (χ0v) is 13.6. The van der Waals surface area contributed by atoms with Gasteiger partial charge < -0.3 is 9.84 Å². The molecule has 1 N–H and O–H groups in total. The molecule has 1 aromatic rings. The minimum Gasteiger partial charge on any atom is -0.504 e. The maximum Gasteiger partial charge on any atom is 0.161 e. The Bertz CT molecular complexity index is 624. The van der Waals surface area contributed by atoms with E-state index >= 15 is 0 Å². The molecular weight excluding hydrogens is 288 g/mol. The molecular formula is C20H24O3. The summed E-state index contributed by atoms with van der Waals surface area (Å²) in [5.74, 6) is 3.20. The van der Waals surface area contributed by atoms with Gasteiger partial charge in [0.05, 0.1) is 7.11 Å². The van der Waals surface area contributed by atoms with Crippen LogP contribution in [0.2, 0.25) is 0 Å². The first-order chi connectivity index (χ1) is 11.1. The van der Waals surface area contributed by atoms with E-state index in [0.717, 1.165) is 42.6 Å². The molecule has 4 fully saturated rings. The SMILES string of the molecule is COc1ccc(C=CC(=O)C23CC4CC(CC(C4)C2)C3)cc1O. The van der Waals surface area contributed by atoms with Crippen molar-refractivity contribution in [3.8, 4) is 11.5 Å². The molecule has 4 saturated carbocycles. The standard InChI is InChI=1S/C20H24O3/c1-23-18-4-2-13(9-17(18)21)3-5-19(22)20-10-14-6-15(11-20)8-16(7-14)12-20/h2-5,9,14-16,21H,6-8,10-12H2,1H3. The predicted octanol–water partition coefficient (Wildman–Crippen LogP) is 4.20. The van der Waals surface area contributed by atoms with Gasteiger partial charge in [0.15, 0.2) is 17.3 Å². The molecule has 3 heteroatoms. The summed E-state index contributed by atoms with van der Waals surface area (Å²) in [6.45, 7) is 0. The minimum atomic E-state index is -0.0836. The van der Waals surface area contributed by atoms with Crippen molar-refractivity contribution in [3.05, 3.63) is 29.8 Å². The van der Waals surface area contributed by atoms with Gasteiger partial charge in [-0.25, -0.2) is 0 Å². The van der Waals surface area contributed by atoms with Gasteiger partial charge in [0, 0.05) is 5.41 Å². The maximum absolute atomic E-state index is 12.9. The van der Waals surface area contributed by atoms with E-state index in [9.17, 15) is 9.90 Å². The number of methoxy groups -OCH3 is 1. The van der Waals surface area contributed by atoms with Crippen molar-refractivity contribution in [3.63, 3.8) is 0 Å². The van der Waals surface area contributed by atoms with Crippen LogP contribution in [0, 0.1) is 23.2 Å². The predicted molar refractivity (Wildman–Crippen MR) is 89.3 cm³/mol. The van der Waals surface area contributed by atoms with Gasteiger partial charge in [-0.15, -0.1) is 0 Å². The molecule has 0 aromatic heterocycles. The lowest BCUT2D eigenvalue weighted by atomic mass is 9.48. The van der Waals surface area contributed by atoms with Crippen molar-refractivity contribution >= 4 is 11.9 Å². The van der Waals surface area contributed by atoms with E-state index in [2.05, 4.69) is 0 Å². The molecule has 122 valence electrons. The Hall–Kier alpha value is -1.77. The number of carbonyl (C=O) groups is 1. The molecule has 4 aliphatic carbocycles. The highest BCUT2D eigenvalue weighted by molar-refractivity contribution is 5.98. The van der Waals surface area contributed by atoms with Crippen LogP contribution in [-0.2, 0) is 4.79 Å². The quantitative estimate of drug-likeness (QED) is 0.848. The van der Waals surface area contributed by atoms with Gasteiger partial charge in [-0.1, -0.05) is 12.1 Å². The highest BCUT2D eigenvalue weighted by Crippen LogP contribution is 2.60. The van der Waals surface area contributed by atoms with E-state index in [1.54, 1.807) is 18.2 Å². The number of phenolic OH excluding ortho intramolecular Hbond substituents is 1. The van der Waals surface area contributed by atoms with Crippen LogP contribution >= 0.6 is 0 Å². The highest BCUT2D eigenvalue weighted by atomic mass is 16.5. The van der Waals surface area contributed by atoms with Crippen LogP contribution in [0.5, 0.6) is 11.5 Å². The van der Waals surface area contributed by atoms with Crippen LogP contribution in [0.1, 0.15) is 44.1 Å². The summed E-state index contributed by atoms with van der Waals surface area (Å²) in [7, 11) is 1.53. The monoisotopic (exact) mass is 312 g/mol. The highest BCUT2D eigenvalue weighted by Gasteiger charge is 2.53. The molecule has 0 saturated heterocycles. The lowest BCUT2D eigenvalue weighted by molar-refractivity contribution is -0.138. The summed E-state index contributed by atoms with van der Waals surface area (Å²) in [5, 5.41) is 9.84. The zero-order chi connectivity index (χ0) is 16.0. The third kappa shape index (κ3) is 2.56. The molecule has 4 aliphatic rings. The largest absolute Gasteiger partial charge is 0.504 e. The number of hydrogen-bond donors (Lipinski definition) is 1. The van der Waals surface area contributed by atoms with E-state index in [4.69, 9.17) is 4.74 Å².